The van der Waals surface area contributed by atoms with E-state index in [9.17, 15) is 4.79 Å². The number of furan rings is 1. The summed E-state index contributed by atoms with van der Waals surface area (Å²) >= 11 is 6.59. The largest absolute Gasteiger partial charge is 0.497 e. The van der Waals surface area contributed by atoms with Gasteiger partial charge in [0.15, 0.2) is 0 Å². The Balaban J connectivity index is 1.75. The average Bonchev–Trinajstić information content (AvgIpc) is 3.11. The Morgan fingerprint density at radius 2 is 1.93 bits per heavy atom. The second-order valence-corrected chi connectivity index (χ2v) is 7.00. The Kier molecular flexibility index (Phi) is 7.14. The molecule has 4 nitrogen and oxygen atoms in total. The first-order chi connectivity index (χ1) is 14.1. The maximum absolute atomic E-state index is 12.1. The Labute approximate surface area is 175 Å². The summed E-state index contributed by atoms with van der Waals surface area (Å²) in [4.78, 5) is 12.1. The van der Waals surface area contributed by atoms with E-state index in [0.717, 1.165) is 47.3 Å². The van der Waals surface area contributed by atoms with Crippen LogP contribution in [0.15, 0.2) is 71.2 Å². The normalized spacial score (nSPS) is 11.9. The maximum Gasteiger partial charge on any atom is 0.248 e. The molecule has 5 heteroatoms. The summed E-state index contributed by atoms with van der Waals surface area (Å²) in [6.07, 6.45) is 7.74. The molecule has 150 valence electrons. The number of carbonyl (C=O) groups is 1. The molecular weight excluding hydrogens is 386 g/mol. The third kappa shape index (κ3) is 5.30. The summed E-state index contributed by atoms with van der Waals surface area (Å²) < 4.78 is 11.1. The van der Waals surface area contributed by atoms with Crippen LogP contribution in [0.4, 0.5) is 5.69 Å². The van der Waals surface area contributed by atoms with E-state index in [4.69, 9.17) is 20.8 Å². The van der Waals surface area contributed by atoms with Crippen LogP contribution >= 0.6 is 11.6 Å². The number of rotatable bonds is 8. The number of aryl methyl sites for hydroxylation is 1. The Hall–Kier alpha value is -2.98. The number of anilines is 1. The van der Waals surface area contributed by atoms with Crippen molar-refractivity contribution in [2.45, 2.75) is 26.2 Å². The number of benzene rings is 2. The summed E-state index contributed by atoms with van der Waals surface area (Å²) in [6.45, 7) is 2.14. The Morgan fingerprint density at radius 3 is 2.66 bits per heavy atom. The van der Waals surface area contributed by atoms with Crippen molar-refractivity contribution in [1.29, 1.82) is 0 Å². The number of methoxy groups -OCH3 is 1. The molecule has 1 N–H and O–H groups in total. The van der Waals surface area contributed by atoms with Gasteiger partial charge in [0, 0.05) is 29.1 Å². The number of para-hydroxylation sites is 1. The van der Waals surface area contributed by atoms with Crippen molar-refractivity contribution in [3.63, 3.8) is 0 Å². The number of hydrogen-bond acceptors (Lipinski definition) is 3. The molecule has 1 heterocycles. The van der Waals surface area contributed by atoms with E-state index in [1.807, 2.05) is 24.3 Å². The molecule has 0 saturated heterocycles. The molecule has 0 saturated carbocycles. The molecule has 2 aromatic carbocycles. The van der Waals surface area contributed by atoms with E-state index in [1.54, 1.807) is 43.5 Å². The summed E-state index contributed by atoms with van der Waals surface area (Å²) in [5.74, 6) is 1.38. The molecule has 0 bridgehead atoms. The predicted molar refractivity (Wildman–Crippen MR) is 119 cm³/mol. The first kappa shape index (κ1) is 20.7. The van der Waals surface area contributed by atoms with Crippen molar-refractivity contribution in [2.75, 3.05) is 12.4 Å². The number of halogens is 1. The van der Waals surface area contributed by atoms with Crippen LogP contribution in [0, 0.1) is 0 Å². The molecule has 0 atom stereocenters. The number of ether oxygens (including phenoxy) is 1. The van der Waals surface area contributed by atoms with Gasteiger partial charge in [0.05, 0.1) is 12.1 Å². The van der Waals surface area contributed by atoms with E-state index >= 15 is 0 Å². The molecule has 0 aliphatic heterocycles. The summed E-state index contributed by atoms with van der Waals surface area (Å²) in [5.41, 5.74) is 2.41. The molecule has 0 radical (unpaired) electrons. The van der Waals surface area contributed by atoms with Crippen molar-refractivity contribution in [2.24, 2.45) is 0 Å². The minimum absolute atomic E-state index is 0.237. The van der Waals surface area contributed by atoms with Gasteiger partial charge in [0.25, 0.3) is 0 Å². The molecule has 1 amide bonds. The summed E-state index contributed by atoms with van der Waals surface area (Å²) in [6, 6.07) is 15.0. The van der Waals surface area contributed by atoms with Gasteiger partial charge < -0.3 is 14.5 Å². The topological polar surface area (TPSA) is 51.5 Å². The van der Waals surface area contributed by atoms with Crippen LogP contribution in [0.25, 0.3) is 16.0 Å². The van der Waals surface area contributed by atoms with Crippen molar-refractivity contribution in [3.8, 4) is 5.75 Å². The zero-order valence-corrected chi connectivity index (χ0v) is 17.3. The standard InChI is InChI=1S/C24H24ClNO3/c1-3-4-10-22-24(19-8-5-6-11-21(19)29-22)20(25)9-7-12-23(27)26-17-13-15-18(28-2)16-14-17/h5-9,11-16H,3-4,10H2,1-2H3,(H,26,27)/b12-7+,20-9-. The fourth-order valence-corrected chi connectivity index (χ4v) is 3.31. The molecule has 0 aliphatic rings. The van der Waals surface area contributed by atoms with E-state index in [0.29, 0.717) is 10.7 Å². The second kappa shape index (κ2) is 9.99. The van der Waals surface area contributed by atoms with Crippen molar-refractivity contribution < 1.29 is 13.9 Å². The van der Waals surface area contributed by atoms with Crippen LogP contribution in [-0.4, -0.2) is 13.0 Å². The molecule has 0 unspecified atom stereocenters. The number of fused-ring (bicyclic) bond motifs is 1. The molecule has 0 fully saturated rings. The SMILES string of the molecule is CCCCc1oc2ccccc2c1/C(Cl)=C/C=C/C(=O)Nc1ccc(OC)cc1. The van der Waals surface area contributed by atoms with Crippen LogP contribution in [0.2, 0.25) is 0 Å². The Bertz CT molecular complexity index is 1030. The van der Waals surface area contributed by atoms with E-state index < -0.39 is 0 Å². The van der Waals surface area contributed by atoms with Gasteiger partial charge >= 0.3 is 0 Å². The number of hydrogen-bond donors (Lipinski definition) is 1. The highest BCUT2D eigenvalue weighted by molar-refractivity contribution is 6.50. The van der Waals surface area contributed by atoms with Crippen LogP contribution in [-0.2, 0) is 11.2 Å². The van der Waals surface area contributed by atoms with Gasteiger partial charge in [-0.05, 0) is 42.8 Å². The Morgan fingerprint density at radius 1 is 1.17 bits per heavy atom. The highest BCUT2D eigenvalue weighted by Crippen LogP contribution is 2.34. The van der Waals surface area contributed by atoms with Crippen LogP contribution in [0.5, 0.6) is 5.75 Å². The van der Waals surface area contributed by atoms with Gasteiger partial charge in [-0.2, -0.15) is 0 Å². The zero-order valence-electron chi connectivity index (χ0n) is 16.6. The third-order valence-electron chi connectivity index (χ3n) is 4.51. The minimum Gasteiger partial charge on any atom is -0.497 e. The fraction of sp³-hybridized carbons (Fsp3) is 0.208. The molecule has 0 spiro atoms. The smallest absolute Gasteiger partial charge is 0.248 e. The first-order valence-electron chi connectivity index (χ1n) is 9.62. The molecule has 3 rings (SSSR count). The van der Waals surface area contributed by atoms with Crippen molar-refractivity contribution >= 4 is 39.2 Å². The molecular formula is C24H24ClNO3. The number of carbonyl (C=O) groups excluding carboxylic acids is 1. The van der Waals surface area contributed by atoms with Gasteiger partial charge in [-0.25, -0.2) is 0 Å². The number of nitrogens with one attached hydrogen (secondary N) is 1. The first-order valence-corrected chi connectivity index (χ1v) is 10.00. The van der Waals surface area contributed by atoms with E-state index in [1.165, 1.54) is 6.08 Å². The number of allylic oxidation sites excluding steroid dienone is 2. The predicted octanol–water partition coefficient (Wildman–Crippen LogP) is 6.56. The van der Waals surface area contributed by atoms with Gasteiger partial charge in [-0.1, -0.05) is 49.2 Å². The molecule has 3 aromatic rings. The van der Waals surface area contributed by atoms with Gasteiger partial charge in [0.1, 0.15) is 17.1 Å². The number of unbranched alkanes of at least 4 members (excludes halogenated alkanes) is 1. The second-order valence-electron chi connectivity index (χ2n) is 6.59. The highest BCUT2D eigenvalue weighted by atomic mass is 35.5. The lowest BCUT2D eigenvalue weighted by Gasteiger charge is -2.03. The average molecular weight is 410 g/mol. The molecule has 0 aliphatic carbocycles. The summed E-state index contributed by atoms with van der Waals surface area (Å²) in [5, 5.41) is 4.33. The number of amides is 1. The monoisotopic (exact) mass is 409 g/mol. The van der Waals surface area contributed by atoms with Gasteiger partial charge in [-0.15, -0.1) is 0 Å². The fourth-order valence-electron chi connectivity index (χ4n) is 3.03. The van der Waals surface area contributed by atoms with Crippen LogP contribution < -0.4 is 10.1 Å². The third-order valence-corrected chi connectivity index (χ3v) is 4.83. The van der Waals surface area contributed by atoms with Gasteiger partial charge in [0.2, 0.25) is 5.91 Å². The maximum atomic E-state index is 12.1. The molecule has 1 aromatic heterocycles. The highest BCUT2D eigenvalue weighted by Gasteiger charge is 2.15. The van der Waals surface area contributed by atoms with Crippen LogP contribution in [0.3, 0.4) is 0 Å². The van der Waals surface area contributed by atoms with E-state index in [2.05, 4.69) is 12.2 Å². The molecule has 29 heavy (non-hydrogen) atoms. The summed E-state index contributed by atoms with van der Waals surface area (Å²) in [7, 11) is 1.60. The van der Waals surface area contributed by atoms with E-state index in [-0.39, 0.29) is 5.91 Å². The lowest BCUT2D eigenvalue weighted by atomic mass is 10.1. The van der Waals surface area contributed by atoms with Crippen molar-refractivity contribution in [1.82, 2.24) is 0 Å². The van der Waals surface area contributed by atoms with Crippen molar-refractivity contribution in [3.05, 3.63) is 78.1 Å². The quantitative estimate of drug-likeness (QED) is 0.338. The minimum atomic E-state index is -0.237. The lowest BCUT2D eigenvalue weighted by Crippen LogP contribution is -2.07. The zero-order chi connectivity index (χ0) is 20.6. The lowest BCUT2D eigenvalue weighted by molar-refractivity contribution is -0.111. The van der Waals surface area contributed by atoms with Gasteiger partial charge in [-0.3, -0.25) is 4.79 Å². The van der Waals surface area contributed by atoms with Crippen LogP contribution in [0.1, 0.15) is 31.1 Å².